The lowest BCUT2D eigenvalue weighted by molar-refractivity contribution is 0.0601. The van der Waals surface area contributed by atoms with Gasteiger partial charge in [0.1, 0.15) is 5.75 Å². The van der Waals surface area contributed by atoms with Crippen molar-refractivity contribution in [2.75, 3.05) is 14.2 Å². The normalized spacial score (nSPS) is 12.2. The number of hydrogen-bond donors (Lipinski definition) is 0. The van der Waals surface area contributed by atoms with E-state index in [4.69, 9.17) is 14.5 Å². The Kier molecular flexibility index (Phi) is 4.47. The van der Waals surface area contributed by atoms with Crippen LogP contribution in [0.5, 0.6) is 5.75 Å². The number of hydrogen-bond acceptors (Lipinski definition) is 4. The van der Waals surface area contributed by atoms with Gasteiger partial charge < -0.3 is 9.47 Å². The van der Waals surface area contributed by atoms with Crippen LogP contribution in [0.4, 0.5) is 0 Å². The van der Waals surface area contributed by atoms with E-state index >= 15 is 0 Å². The Labute approximate surface area is 175 Å². The Hall–Kier alpha value is -3.66. The van der Waals surface area contributed by atoms with Gasteiger partial charge in [0.2, 0.25) is 0 Å². The molecule has 148 valence electrons. The molecule has 0 radical (unpaired) electrons. The maximum absolute atomic E-state index is 12.4. The van der Waals surface area contributed by atoms with Crippen molar-refractivity contribution in [3.63, 3.8) is 0 Å². The molecule has 0 bridgehead atoms. The summed E-state index contributed by atoms with van der Waals surface area (Å²) in [7, 11) is 3.09. The number of pyridine rings is 1. The molecule has 0 amide bonds. The smallest absolute Gasteiger partial charge is 0.338 e. The zero-order chi connectivity index (χ0) is 20.7. The quantitative estimate of drug-likeness (QED) is 0.432. The first-order valence-electron chi connectivity index (χ1n) is 9.97. The van der Waals surface area contributed by atoms with Crippen LogP contribution in [0.3, 0.4) is 0 Å². The zero-order valence-corrected chi connectivity index (χ0v) is 16.9. The molecule has 0 atom stereocenters. The molecule has 1 aromatic heterocycles. The third-order valence-corrected chi connectivity index (χ3v) is 5.77. The van der Waals surface area contributed by atoms with E-state index in [1.54, 1.807) is 7.11 Å². The Morgan fingerprint density at radius 3 is 2.50 bits per heavy atom. The highest BCUT2D eigenvalue weighted by Crippen LogP contribution is 2.41. The third-order valence-electron chi connectivity index (χ3n) is 5.77. The Balaban J connectivity index is 1.77. The minimum atomic E-state index is -0.335. The largest absolute Gasteiger partial charge is 0.497 e. The average Bonchev–Trinajstić information content (AvgIpc) is 2.81. The van der Waals surface area contributed by atoms with Crippen LogP contribution in [0, 0.1) is 0 Å². The summed E-state index contributed by atoms with van der Waals surface area (Å²) in [5.41, 5.74) is 7.92. The lowest BCUT2D eigenvalue weighted by Crippen LogP contribution is -2.09. The first-order valence-corrected chi connectivity index (χ1v) is 9.97. The van der Waals surface area contributed by atoms with Crippen molar-refractivity contribution in [1.29, 1.82) is 0 Å². The van der Waals surface area contributed by atoms with Gasteiger partial charge in [0, 0.05) is 10.9 Å². The minimum absolute atomic E-state index is 0.335. The van der Waals surface area contributed by atoms with Gasteiger partial charge in [-0.25, -0.2) is 9.78 Å². The fraction of sp³-hybridized carbons (Fsp3) is 0.154. The summed E-state index contributed by atoms with van der Waals surface area (Å²) in [5.74, 6) is 0.492. The number of ether oxygens (including phenoxy) is 2. The van der Waals surface area contributed by atoms with Gasteiger partial charge in [0.05, 0.1) is 31.0 Å². The van der Waals surface area contributed by atoms with Crippen molar-refractivity contribution in [2.45, 2.75) is 12.8 Å². The molecule has 1 aliphatic rings. The molecule has 0 saturated heterocycles. The average molecular weight is 395 g/mol. The molecule has 1 heterocycles. The second kappa shape index (κ2) is 7.30. The van der Waals surface area contributed by atoms with Gasteiger partial charge >= 0.3 is 5.97 Å². The molecule has 30 heavy (non-hydrogen) atoms. The third kappa shape index (κ3) is 2.92. The summed E-state index contributed by atoms with van der Waals surface area (Å²) in [6.07, 6.45) is 1.87. The second-order valence-corrected chi connectivity index (χ2v) is 7.43. The van der Waals surface area contributed by atoms with E-state index in [2.05, 4.69) is 24.3 Å². The number of benzene rings is 3. The molecule has 1 aliphatic carbocycles. The van der Waals surface area contributed by atoms with Crippen molar-refractivity contribution < 1.29 is 14.3 Å². The number of fused-ring (bicyclic) bond motifs is 4. The Morgan fingerprint density at radius 1 is 0.867 bits per heavy atom. The molecular weight excluding hydrogens is 374 g/mol. The molecule has 3 aromatic carbocycles. The number of methoxy groups -OCH3 is 2. The van der Waals surface area contributed by atoms with Gasteiger partial charge in [-0.2, -0.15) is 0 Å². The number of carbonyl (C=O) groups is 1. The number of rotatable bonds is 3. The number of nitrogens with zero attached hydrogens (tertiary/aromatic N) is 1. The maximum atomic E-state index is 12.4. The lowest BCUT2D eigenvalue weighted by atomic mass is 9.83. The Morgan fingerprint density at radius 2 is 1.67 bits per heavy atom. The van der Waals surface area contributed by atoms with Gasteiger partial charge in [-0.05, 0) is 65.4 Å². The highest BCUT2D eigenvalue weighted by Gasteiger charge is 2.24. The van der Waals surface area contributed by atoms with Gasteiger partial charge in [-0.15, -0.1) is 0 Å². The van der Waals surface area contributed by atoms with Crippen LogP contribution < -0.4 is 4.74 Å². The van der Waals surface area contributed by atoms with Crippen molar-refractivity contribution >= 4 is 16.9 Å². The van der Waals surface area contributed by atoms with Crippen molar-refractivity contribution in [2.24, 2.45) is 0 Å². The lowest BCUT2D eigenvalue weighted by Gasteiger charge is -2.23. The van der Waals surface area contributed by atoms with E-state index in [-0.39, 0.29) is 5.97 Å². The molecule has 0 saturated carbocycles. The molecule has 0 aliphatic heterocycles. The first-order chi connectivity index (χ1) is 14.7. The predicted octanol–water partition coefficient (Wildman–Crippen LogP) is 5.46. The van der Waals surface area contributed by atoms with Crippen molar-refractivity contribution in [3.8, 4) is 28.1 Å². The van der Waals surface area contributed by atoms with Crippen LogP contribution >= 0.6 is 0 Å². The molecule has 5 rings (SSSR count). The van der Waals surface area contributed by atoms with E-state index in [0.717, 1.165) is 51.9 Å². The van der Waals surface area contributed by atoms with Gasteiger partial charge in [0.25, 0.3) is 0 Å². The van der Waals surface area contributed by atoms with Crippen molar-refractivity contribution in [1.82, 2.24) is 4.98 Å². The topological polar surface area (TPSA) is 48.4 Å². The maximum Gasteiger partial charge on any atom is 0.338 e. The van der Waals surface area contributed by atoms with E-state index in [1.165, 1.54) is 18.2 Å². The van der Waals surface area contributed by atoms with E-state index in [0.29, 0.717) is 5.56 Å². The van der Waals surface area contributed by atoms with Gasteiger partial charge in [0.15, 0.2) is 0 Å². The molecule has 4 nitrogen and oxygen atoms in total. The molecule has 4 heteroatoms. The SMILES string of the molecule is COC(=O)c1ccccc1-c1cccc2c1-c1nc3ccc(OC)cc3cc1CC2. The summed E-state index contributed by atoms with van der Waals surface area (Å²) in [6, 6.07) is 22.0. The van der Waals surface area contributed by atoms with Gasteiger partial charge in [-0.3, -0.25) is 0 Å². The molecule has 0 spiro atoms. The predicted molar refractivity (Wildman–Crippen MR) is 118 cm³/mol. The van der Waals surface area contributed by atoms with E-state index in [9.17, 15) is 4.79 Å². The summed E-state index contributed by atoms with van der Waals surface area (Å²) >= 11 is 0. The highest BCUT2D eigenvalue weighted by molar-refractivity contribution is 6.01. The van der Waals surface area contributed by atoms with Crippen LogP contribution in [-0.4, -0.2) is 25.2 Å². The molecule has 0 unspecified atom stereocenters. The zero-order valence-electron chi connectivity index (χ0n) is 16.9. The second-order valence-electron chi connectivity index (χ2n) is 7.43. The number of esters is 1. The molecule has 0 fully saturated rings. The van der Waals surface area contributed by atoms with E-state index < -0.39 is 0 Å². The summed E-state index contributed by atoms with van der Waals surface area (Å²) in [6.45, 7) is 0. The van der Waals surface area contributed by atoms with E-state index in [1.807, 2.05) is 42.5 Å². The van der Waals surface area contributed by atoms with Crippen LogP contribution in [0.25, 0.3) is 33.3 Å². The van der Waals surface area contributed by atoms with Crippen LogP contribution in [0.2, 0.25) is 0 Å². The fourth-order valence-corrected chi connectivity index (χ4v) is 4.32. The highest BCUT2D eigenvalue weighted by atomic mass is 16.5. The molecule has 0 N–H and O–H groups in total. The summed E-state index contributed by atoms with van der Waals surface area (Å²) in [4.78, 5) is 17.4. The van der Waals surface area contributed by atoms with Crippen LogP contribution in [0.15, 0.2) is 66.7 Å². The number of aromatic nitrogens is 1. The monoisotopic (exact) mass is 395 g/mol. The molecular formula is C26H21NO3. The molecule has 4 aromatic rings. The fourth-order valence-electron chi connectivity index (χ4n) is 4.32. The summed E-state index contributed by atoms with van der Waals surface area (Å²) < 4.78 is 10.4. The van der Waals surface area contributed by atoms with Crippen LogP contribution in [-0.2, 0) is 17.6 Å². The van der Waals surface area contributed by atoms with Gasteiger partial charge in [-0.1, -0.05) is 36.4 Å². The van der Waals surface area contributed by atoms with Crippen LogP contribution in [0.1, 0.15) is 21.5 Å². The van der Waals surface area contributed by atoms with Crippen molar-refractivity contribution in [3.05, 3.63) is 83.4 Å². The number of aryl methyl sites for hydroxylation is 2. The standard InChI is InChI=1S/C26H21NO3/c1-29-19-12-13-23-18(15-19)14-17-11-10-16-6-5-9-21(24(16)25(17)27-23)20-7-3-4-8-22(20)26(28)30-2/h3-9,12-15H,10-11H2,1-2H3. The first kappa shape index (κ1) is 18.4. The summed E-state index contributed by atoms with van der Waals surface area (Å²) in [5, 5.41) is 1.07. The number of carbonyl (C=O) groups excluding carboxylic acids is 1. The minimum Gasteiger partial charge on any atom is -0.497 e. The Bertz CT molecular complexity index is 1290.